The lowest BCUT2D eigenvalue weighted by Crippen LogP contribution is -2.12. The van der Waals surface area contributed by atoms with Crippen molar-refractivity contribution in [2.24, 2.45) is 0 Å². The maximum atomic E-state index is 12.4. The Balaban J connectivity index is 1.53. The van der Waals surface area contributed by atoms with Gasteiger partial charge in [-0.3, -0.25) is 9.89 Å². The second-order valence-electron chi connectivity index (χ2n) is 5.39. The Morgan fingerprint density at radius 3 is 2.84 bits per heavy atom. The first-order valence-corrected chi connectivity index (χ1v) is 8.45. The Labute approximate surface area is 147 Å². The molecule has 2 aromatic heterocycles. The Kier molecular flexibility index (Phi) is 3.91. The number of hydrogen-bond acceptors (Lipinski definition) is 5. The van der Waals surface area contributed by atoms with E-state index in [1.54, 1.807) is 18.7 Å². The Bertz CT molecular complexity index is 1040. The lowest BCUT2D eigenvalue weighted by Gasteiger charge is -2.03. The van der Waals surface area contributed by atoms with Crippen molar-refractivity contribution in [3.05, 3.63) is 59.7 Å². The molecule has 4 rings (SSSR count). The zero-order valence-corrected chi connectivity index (χ0v) is 14.1. The summed E-state index contributed by atoms with van der Waals surface area (Å²) in [5, 5.41) is 13.2. The number of nitrogens with one attached hydrogen (secondary N) is 2. The van der Waals surface area contributed by atoms with Crippen LogP contribution in [0.3, 0.4) is 0 Å². The Hall–Kier alpha value is -3.19. The minimum Gasteiger partial charge on any atom is -0.497 e. The second kappa shape index (κ2) is 6.37. The highest BCUT2D eigenvalue weighted by Crippen LogP contribution is 2.26. The standard InChI is InChI=1S/C18H14N4O2S/c1-24-14-5-2-11(3-6-14)18-21-16(10-25-18)17(23)20-13-4-7-15-12(8-13)9-19-22-15/h2-10H,1H3,(H,19,22)(H,20,23). The summed E-state index contributed by atoms with van der Waals surface area (Å²) in [6.45, 7) is 0. The fraction of sp³-hybridized carbons (Fsp3) is 0.0556. The molecule has 4 aromatic rings. The molecular weight excluding hydrogens is 336 g/mol. The van der Waals surface area contributed by atoms with Crippen molar-refractivity contribution in [3.63, 3.8) is 0 Å². The van der Waals surface area contributed by atoms with Gasteiger partial charge in [0.1, 0.15) is 16.5 Å². The van der Waals surface area contributed by atoms with Gasteiger partial charge in [0.25, 0.3) is 5.91 Å². The molecule has 2 heterocycles. The third-order valence-electron chi connectivity index (χ3n) is 3.77. The van der Waals surface area contributed by atoms with E-state index in [0.717, 1.165) is 27.2 Å². The molecule has 2 aromatic carbocycles. The summed E-state index contributed by atoms with van der Waals surface area (Å²) < 4.78 is 5.15. The fourth-order valence-corrected chi connectivity index (χ4v) is 3.27. The summed E-state index contributed by atoms with van der Waals surface area (Å²) in [6, 6.07) is 13.2. The normalized spacial score (nSPS) is 10.8. The number of aromatic amines is 1. The largest absolute Gasteiger partial charge is 0.497 e. The molecule has 0 saturated heterocycles. The van der Waals surface area contributed by atoms with Gasteiger partial charge >= 0.3 is 0 Å². The van der Waals surface area contributed by atoms with Crippen LogP contribution in [0, 0.1) is 0 Å². The fourth-order valence-electron chi connectivity index (χ4n) is 2.46. The van der Waals surface area contributed by atoms with Gasteiger partial charge < -0.3 is 10.1 Å². The SMILES string of the molecule is COc1ccc(-c2nc(C(=O)Nc3ccc4[nH]ncc4c3)cs2)cc1. The molecule has 2 N–H and O–H groups in total. The number of nitrogens with zero attached hydrogens (tertiary/aromatic N) is 2. The van der Waals surface area contributed by atoms with Crippen molar-refractivity contribution in [1.82, 2.24) is 15.2 Å². The van der Waals surface area contributed by atoms with Crippen LogP contribution in [0.1, 0.15) is 10.5 Å². The minimum absolute atomic E-state index is 0.237. The molecule has 0 unspecified atom stereocenters. The molecule has 0 fully saturated rings. The van der Waals surface area contributed by atoms with Crippen LogP contribution in [0.25, 0.3) is 21.5 Å². The number of amides is 1. The monoisotopic (exact) mass is 350 g/mol. The number of carbonyl (C=O) groups is 1. The molecular formula is C18H14N4O2S. The molecule has 0 saturated carbocycles. The van der Waals surface area contributed by atoms with Crippen LogP contribution in [0.5, 0.6) is 5.75 Å². The van der Waals surface area contributed by atoms with Crippen molar-refractivity contribution < 1.29 is 9.53 Å². The average molecular weight is 350 g/mol. The number of carbonyl (C=O) groups excluding carboxylic acids is 1. The molecule has 0 aliphatic heterocycles. The van der Waals surface area contributed by atoms with Gasteiger partial charge in [-0.05, 0) is 42.5 Å². The van der Waals surface area contributed by atoms with Crippen LogP contribution in [-0.4, -0.2) is 28.2 Å². The number of ether oxygens (including phenoxy) is 1. The Morgan fingerprint density at radius 1 is 1.20 bits per heavy atom. The zero-order chi connectivity index (χ0) is 17.2. The molecule has 0 radical (unpaired) electrons. The average Bonchev–Trinajstić information content (AvgIpc) is 3.31. The summed E-state index contributed by atoms with van der Waals surface area (Å²) >= 11 is 1.43. The van der Waals surface area contributed by atoms with E-state index in [4.69, 9.17) is 4.74 Å². The number of rotatable bonds is 4. The first-order chi connectivity index (χ1) is 12.2. The van der Waals surface area contributed by atoms with Crippen LogP contribution in [0.4, 0.5) is 5.69 Å². The summed E-state index contributed by atoms with van der Waals surface area (Å²) in [5.41, 5.74) is 2.97. The van der Waals surface area contributed by atoms with Gasteiger partial charge in [-0.1, -0.05) is 0 Å². The van der Waals surface area contributed by atoms with E-state index in [0.29, 0.717) is 11.4 Å². The number of anilines is 1. The number of H-pyrrole nitrogens is 1. The van der Waals surface area contributed by atoms with Crippen LogP contribution in [-0.2, 0) is 0 Å². The van der Waals surface area contributed by atoms with Gasteiger partial charge in [0.15, 0.2) is 0 Å². The van der Waals surface area contributed by atoms with Crippen LogP contribution < -0.4 is 10.1 Å². The number of fused-ring (bicyclic) bond motifs is 1. The lowest BCUT2D eigenvalue weighted by atomic mass is 10.2. The molecule has 0 aliphatic rings. The van der Waals surface area contributed by atoms with Crippen LogP contribution in [0.15, 0.2) is 54.0 Å². The van der Waals surface area contributed by atoms with E-state index in [1.165, 1.54) is 11.3 Å². The van der Waals surface area contributed by atoms with E-state index >= 15 is 0 Å². The highest BCUT2D eigenvalue weighted by molar-refractivity contribution is 7.13. The Morgan fingerprint density at radius 2 is 2.04 bits per heavy atom. The summed E-state index contributed by atoms with van der Waals surface area (Å²) in [4.78, 5) is 16.9. The smallest absolute Gasteiger partial charge is 0.275 e. The maximum absolute atomic E-state index is 12.4. The van der Waals surface area contributed by atoms with Crippen molar-refractivity contribution in [2.75, 3.05) is 12.4 Å². The third-order valence-corrected chi connectivity index (χ3v) is 4.66. The quantitative estimate of drug-likeness (QED) is 0.584. The molecule has 0 bridgehead atoms. The summed E-state index contributed by atoms with van der Waals surface area (Å²) in [5.74, 6) is 0.548. The third kappa shape index (κ3) is 3.09. The van der Waals surface area contributed by atoms with Crippen molar-refractivity contribution in [2.45, 2.75) is 0 Å². The van der Waals surface area contributed by atoms with Crippen molar-refractivity contribution in [3.8, 4) is 16.3 Å². The molecule has 25 heavy (non-hydrogen) atoms. The van der Waals surface area contributed by atoms with Crippen LogP contribution in [0.2, 0.25) is 0 Å². The molecule has 0 spiro atoms. The van der Waals surface area contributed by atoms with Crippen LogP contribution >= 0.6 is 11.3 Å². The molecule has 1 amide bonds. The van der Waals surface area contributed by atoms with E-state index in [1.807, 2.05) is 42.5 Å². The number of hydrogen-bond donors (Lipinski definition) is 2. The van der Waals surface area contributed by atoms with Crippen molar-refractivity contribution >= 4 is 33.8 Å². The topological polar surface area (TPSA) is 79.9 Å². The molecule has 7 heteroatoms. The minimum atomic E-state index is -0.237. The molecule has 6 nitrogen and oxygen atoms in total. The highest BCUT2D eigenvalue weighted by atomic mass is 32.1. The van der Waals surface area contributed by atoms with Gasteiger partial charge in [-0.15, -0.1) is 11.3 Å². The second-order valence-corrected chi connectivity index (χ2v) is 6.25. The maximum Gasteiger partial charge on any atom is 0.275 e. The summed E-state index contributed by atoms with van der Waals surface area (Å²) in [7, 11) is 1.63. The van der Waals surface area contributed by atoms with Gasteiger partial charge in [0.05, 0.1) is 18.8 Å². The van der Waals surface area contributed by atoms with Crippen molar-refractivity contribution in [1.29, 1.82) is 0 Å². The summed E-state index contributed by atoms with van der Waals surface area (Å²) in [6.07, 6.45) is 1.72. The number of thiazole rings is 1. The van der Waals surface area contributed by atoms with Gasteiger partial charge in [-0.2, -0.15) is 5.10 Å². The van der Waals surface area contributed by atoms with Gasteiger partial charge in [0, 0.05) is 22.0 Å². The number of aromatic nitrogens is 3. The molecule has 0 aliphatic carbocycles. The number of methoxy groups -OCH3 is 1. The predicted molar refractivity (Wildman–Crippen MR) is 98.1 cm³/mol. The van der Waals surface area contributed by atoms with E-state index in [2.05, 4.69) is 20.5 Å². The van der Waals surface area contributed by atoms with Gasteiger partial charge in [-0.25, -0.2) is 4.98 Å². The molecule has 124 valence electrons. The van der Waals surface area contributed by atoms with Gasteiger partial charge in [0.2, 0.25) is 0 Å². The number of benzene rings is 2. The predicted octanol–water partition coefficient (Wildman–Crippen LogP) is 3.95. The zero-order valence-electron chi connectivity index (χ0n) is 13.3. The first-order valence-electron chi connectivity index (χ1n) is 7.57. The van der Waals surface area contributed by atoms with E-state index in [9.17, 15) is 4.79 Å². The highest BCUT2D eigenvalue weighted by Gasteiger charge is 2.12. The lowest BCUT2D eigenvalue weighted by molar-refractivity contribution is 0.102. The molecule has 0 atom stereocenters. The van der Waals surface area contributed by atoms with E-state index < -0.39 is 0 Å². The van der Waals surface area contributed by atoms with E-state index in [-0.39, 0.29) is 5.91 Å². The first kappa shape index (κ1) is 15.3.